The number of para-hydroxylation sites is 2. The first-order valence-electron chi connectivity index (χ1n) is 7.38. The van der Waals surface area contributed by atoms with Crippen LogP contribution in [-0.4, -0.2) is 56.1 Å². The third kappa shape index (κ3) is 3.06. The molecule has 2 aliphatic heterocycles. The number of ketones is 1. The summed E-state index contributed by atoms with van der Waals surface area (Å²) >= 11 is 0. The predicted molar refractivity (Wildman–Crippen MR) is 77.9 cm³/mol. The predicted octanol–water partition coefficient (Wildman–Crippen LogP) is 0.890. The minimum atomic E-state index is -0.685. The van der Waals surface area contributed by atoms with Gasteiger partial charge in [0.1, 0.15) is 24.4 Å². The van der Waals surface area contributed by atoms with E-state index in [1.807, 2.05) is 24.3 Å². The van der Waals surface area contributed by atoms with Gasteiger partial charge in [0.2, 0.25) is 0 Å². The first-order chi connectivity index (χ1) is 10.7. The van der Waals surface area contributed by atoms with E-state index in [4.69, 9.17) is 14.2 Å². The molecule has 3 rings (SSSR count). The van der Waals surface area contributed by atoms with Gasteiger partial charge in [0.05, 0.1) is 7.11 Å². The largest absolute Gasteiger partial charge is 0.486 e. The highest BCUT2D eigenvalue weighted by Crippen LogP contribution is 2.31. The Balaban J connectivity index is 1.60. The number of nitrogens with zero attached hydrogens (tertiary/aromatic N) is 1. The lowest BCUT2D eigenvalue weighted by Crippen LogP contribution is -2.49. The molecule has 0 bridgehead atoms. The summed E-state index contributed by atoms with van der Waals surface area (Å²) in [5.74, 6) is 0.294. The zero-order valence-electron chi connectivity index (χ0n) is 12.5. The third-order valence-corrected chi connectivity index (χ3v) is 4.02. The summed E-state index contributed by atoms with van der Waals surface area (Å²) in [4.78, 5) is 25.5. The fraction of sp³-hybridized carbons (Fsp3) is 0.500. The summed E-state index contributed by atoms with van der Waals surface area (Å²) in [6.45, 7) is 2.10. The highest BCUT2D eigenvalue weighted by atomic mass is 16.6. The van der Waals surface area contributed by atoms with E-state index < -0.39 is 11.9 Å². The van der Waals surface area contributed by atoms with Crippen LogP contribution in [0.4, 0.5) is 0 Å². The van der Waals surface area contributed by atoms with Crippen LogP contribution in [0.25, 0.3) is 0 Å². The molecule has 1 aromatic rings. The first-order valence-corrected chi connectivity index (χ1v) is 7.38. The molecule has 0 aliphatic carbocycles. The van der Waals surface area contributed by atoms with Gasteiger partial charge < -0.3 is 14.2 Å². The normalized spacial score (nSPS) is 24.9. The van der Waals surface area contributed by atoms with Crippen LogP contribution in [0, 0.1) is 5.92 Å². The van der Waals surface area contributed by atoms with Crippen LogP contribution in [-0.2, 0) is 14.3 Å². The number of methoxy groups -OCH3 is 1. The quantitative estimate of drug-likeness (QED) is 0.610. The van der Waals surface area contributed by atoms with Crippen molar-refractivity contribution in [3.05, 3.63) is 24.3 Å². The Morgan fingerprint density at radius 1 is 1.36 bits per heavy atom. The standard InChI is InChI=1S/C16H19NO5/c1-20-16(19)12-9-17(7-6-13(12)18)8-11-10-21-14-4-2-3-5-15(14)22-11/h2-5,11-12H,6-10H2,1H3. The molecule has 22 heavy (non-hydrogen) atoms. The number of likely N-dealkylation sites (tertiary alicyclic amines) is 1. The van der Waals surface area contributed by atoms with Gasteiger partial charge in [-0.2, -0.15) is 0 Å². The van der Waals surface area contributed by atoms with E-state index in [2.05, 4.69) is 4.90 Å². The van der Waals surface area contributed by atoms with E-state index in [1.165, 1.54) is 7.11 Å². The number of hydrogen-bond donors (Lipinski definition) is 0. The van der Waals surface area contributed by atoms with Gasteiger partial charge in [-0.25, -0.2) is 0 Å². The summed E-state index contributed by atoms with van der Waals surface area (Å²) in [5, 5.41) is 0. The summed E-state index contributed by atoms with van der Waals surface area (Å²) < 4.78 is 16.3. The van der Waals surface area contributed by atoms with Crippen molar-refractivity contribution >= 4 is 11.8 Å². The number of carbonyl (C=O) groups is 2. The Kier molecular flexibility index (Phi) is 4.29. The number of fused-ring (bicyclic) bond motifs is 1. The van der Waals surface area contributed by atoms with Crippen LogP contribution >= 0.6 is 0 Å². The molecule has 2 aliphatic rings. The molecule has 2 heterocycles. The van der Waals surface area contributed by atoms with E-state index >= 15 is 0 Å². The Morgan fingerprint density at radius 3 is 2.91 bits per heavy atom. The number of esters is 1. The van der Waals surface area contributed by atoms with Gasteiger partial charge in [-0.1, -0.05) is 12.1 Å². The van der Waals surface area contributed by atoms with Crippen molar-refractivity contribution in [1.29, 1.82) is 0 Å². The van der Waals surface area contributed by atoms with Crippen molar-refractivity contribution in [2.45, 2.75) is 12.5 Å². The molecular weight excluding hydrogens is 286 g/mol. The average molecular weight is 305 g/mol. The number of benzene rings is 1. The molecule has 0 spiro atoms. The van der Waals surface area contributed by atoms with Crippen molar-refractivity contribution in [3.63, 3.8) is 0 Å². The minimum Gasteiger partial charge on any atom is -0.486 e. The Labute approximate surface area is 128 Å². The highest BCUT2D eigenvalue weighted by molar-refractivity contribution is 5.99. The maximum absolute atomic E-state index is 11.8. The minimum absolute atomic E-state index is 0.0470. The second kappa shape index (κ2) is 6.36. The van der Waals surface area contributed by atoms with Crippen molar-refractivity contribution < 1.29 is 23.8 Å². The molecule has 1 aromatic carbocycles. The van der Waals surface area contributed by atoms with E-state index in [9.17, 15) is 9.59 Å². The maximum atomic E-state index is 11.8. The van der Waals surface area contributed by atoms with Gasteiger partial charge in [-0.05, 0) is 12.1 Å². The summed E-state index contributed by atoms with van der Waals surface area (Å²) in [5.41, 5.74) is 0. The second-order valence-electron chi connectivity index (χ2n) is 5.55. The summed E-state index contributed by atoms with van der Waals surface area (Å²) in [6.07, 6.45) is 0.255. The molecule has 2 atom stereocenters. The van der Waals surface area contributed by atoms with Crippen LogP contribution in [0.3, 0.4) is 0 Å². The Hall–Kier alpha value is -2.08. The topological polar surface area (TPSA) is 65.1 Å². The number of carbonyl (C=O) groups excluding carboxylic acids is 2. The summed E-state index contributed by atoms with van der Waals surface area (Å²) in [7, 11) is 1.31. The second-order valence-corrected chi connectivity index (χ2v) is 5.55. The van der Waals surface area contributed by atoms with E-state index in [0.717, 1.165) is 11.5 Å². The average Bonchev–Trinajstić information content (AvgIpc) is 2.56. The maximum Gasteiger partial charge on any atom is 0.317 e. The van der Waals surface area contributed by atoms with Gasteiger partial charge in [0.25, 0.3) is 0 Å². The van der Waals surface area contributed by atoms with Gasteiger partial charge in [0.15, 0.2) is 11.5 Å². The number of hydrogen-bond acceptors (Lipinski definition) is 6. The lowest BCUT2D eigenvalue weighted by molar-refractivity contribution is -0.152. The third-order valence-electron chi connectivity index (χ3n) is 4.02. The van der Waals surface area contributed by atoms with Crippen molar-refractivity contribution in [2.24, 2.45) is 5.92 Å². The van der Waals surface area contributed by atoms with Crippen LogP contribution in [0.5, 0.6) is 11.5 Å². The zero-order valence-corrected chi connectivity index (χ0v) is 12.5. The number of Topliss-reactive ketones (excluding diaryl/α,β-unsaturated/α-hetero) is 1. The lowest BCUT2D eigenvalue weighted by Gasteiger charge is -2.34. The van der Waals surface area contributed by atoms with Gasteiger partial charge in [0, 0.05) is 26.1 Å². The van der Waals surface area contributed by atoms with Crippen molar-refractivity contribution in [2.75, 3.05) is 33.4 Å². The van der Waals surface area contributed by atoms with Crippen molar-refractivity contribution in [3.8, 4) is 11.5 Å². The molecule has 1 saturated heterocycles. The molecular formula is C16H19NO5. The molecule has 6 heteroatoms. The molecule has 0 aromatic heterocycles. The molecule has 0 radical (unpaired) electrons. The molecule has 1 fully saturated rings. The molecule has 0 saturated carbocycles. The van der Waals surface area contributed by atoms with Crippen LogP contribution < -0.4 is 9.47 Å². The van der Waals surface area contributed by atoms with Crippen LogP contribution in [0.1, 0.15) is 6.42 Å². The molecule has 118 valence electrons. The summed E-state index contributed by atoms with van der Waals surface area (Å²) in [6, 6.07) is 7.55. The fourth-order valence-electron chi connectivity index (χ4n) is 2.85. The SMILES string of the molecule is COC(=O)C1CN(CC2COc3ccccc3O2)CCC1=O. The van der Waals surface area contributed by atoms with E-state index in [1.54, 1.807) is 0 Å². The zero-order chi connectivity index (χ0) is 15.5. The van der Waals surface area contributed by atoms with Gasteiger partial charge in [-0.3, -0.25) is 14.5 Å². The number of ether oxygens (including phenoxy) is 3. The first kappa shape index (κ1) is 14.8. The fourth-order valence-corrected chi connectivity index (χ4v) is 2.85. The Morgan fingerprint density at radius 2 is 2.14 bits per heavy atom. The smallest absolute Gasteiger partial charge is 0.317 e. The molecule has 0 N–H and O–H groups in total. The van der Waals surface area contributed by atoms with Crippen molar-refractivity contribution in [1.82, 2.24) is 4.90 Å². The highest BCUT2D eigenvalue weighted by Gasteiger charge is 2.35. The van der Waals surface area contributed by atoms with Gasteiger partial charge >= 0.3 is 5.97 Å². The Bertz CT molecular complexity index is 565. The molecule has 6 nitrogen and oxygen atoms in total. The molecule has 2 unspecified atom stereocenters. The van der Waals surface area contributed by atoms with Crippen LogP contribution in [0.2, 0.25) is 0 Å². The number of rotatable bonds is 3. The lowest BCUT2D eigenvalue weighted by atomic mass is 9.96. The molecule has 0 amide bonds. The van der Waals surface area contributed by atoms with E-state index in [0.29, 0.717) is 32.7 Å². The van der Waals surface area contributed by atoms with E-state index in [-0.39, 0.29) is 11.9 Å². The number of piperidine rings is 1. The van der Waals surface area contributed by atoms with Crippen LogP contribution in [0.15, 0.2) is 24.3 Å². The van der Waals surface area contributed by atoms with Gasteiger partial charge in [-0.15, -0.1) is 0 Å². The monoisotopic (exact) mass is 305 g/mol.